The number of benzene rings is 4. The number of para-hydroxylation sites is 3. The average Bonchev–Trinajstić information content (AvgIpc) is 4.23. The summed E-state index contributed by atoms with van der Waals surface area (Å²) in [5.41, 5.74) is 43.6. The number of hydrogen-bond donors (Lipinski definition) is 13. The van der Waals surface area contributed by atoms with Gasteiger partial charge in [0.25, 0.3) is 0 Å². The number of rotatable bonds is 6. The first kappa shape index (κ1) is 88.6. The van der Waals surface area contributed by atoms with Gasteiger partial charge in [-0.1, -0.05) is 122 Å². The summed E-state index contributed by atoms with van der Waals surface area (Å²) in [5.74, 6) is 0.736. The van der Waals surface area contributed by atoms with Crippen LogP contribution in [0, 0.1) is 41.5 Å². The van der Waals surface area contributed by atoms with Crippen molar-refractivity contribution in [1.82, 2.24) is 24.5 Å². The molecule has 462 valence electrons. The molecule has 0 saturated carbocycles. The van der Waals surface area contributed by atoms with E-state index in [0.29, 0.717) is 17.2 Å². The molecule has 19 heteroatoms. The highest BCUT2D eigenvalue weighted by Crippen LogP contribution is 2.13. The van der Waals surface area contributed by atoms with Crippen LogP contribution in [-0.2, 0) is 7.05 Å². The van der Waals surface area contributed by atoms with Crippen LogP contribution in [0.25, 0.3) is 0 Å². The Kier molecular flexibility index (Phi) is 66.4. The van der Waals surface area contributed by atoms with Gasteiger partial charge in [0.2, 0.25) is 0 Å². The largest absolute Gasteiger partial charge is 0.508 e. The molecule has 4 aromatic carbocycles. The van der Waals surface area contributed by atoms with Crippen molar-refractivity contribution in [3.63, 3.8) is 0 Å². The Morgan fingerprint density at radius 3 is 1.15 bits per heavy atom. The van der Waals surface area contributed by atoms with E-state index in [1.165, 1.54) is 11.9 Å². The van der Waals surface area contributed by atoms with Gasteiger partial charge in [-0.3, -0.25) is 9.98 Å². The maximum absolute atomic E-state index is 8.92. The molecule has 0 bridgehead atoms. The SMILES string of the molecule is C.C.C.C1=CN=CC1.CCCN.CCCN.CCCN.Cc1ccccc1N.Cc1ccccc1O.Cc1ccccc1O.Cc1ccccc1S.Cc1ncccc1N.Cc1ncncc1N.Cn1ccnc1.NC(CO)(CO)CO. The number of phenols is 2. The Bertz CT molecular complexity index is 2020. The number of aliphatic imine (C=N–C) groups is 1. The van der Waals surface area contributed by atoms with Crippen molar-refractivity contribution in [2.45, 2.75) is 121 Å². The Balaban J connectivity index is -0.000000150. The Labute approximate surface area is 500 Å². The summed E-state index contributed by atoms with van der Waals surface area (Å²) in [5, 5.41) is 42.9. The second-order valence-corrected chi connectivity index (χ2v) is 17.3. The molecule has 18 nitrogen and oxygen atoms in total. The lowest BCUT2D eigenvalue weighted by Gasteiger charge is -2.20. The van der Waals surface area contributed by atoms with Gasteiger partial charge in [0.1, 0.15) is 17.8 Å². The predicted octanol–water partition coefficient (Wildman–Crippen LogP) is 10.6. The van der Waals surface area contributed by atoms with Gasteiger partial charge < -0.3 is 70.2 Å². The van der Waals surface area contributed by atoms with Crippen LogP contribution < -0.4 is 40.1 Å². The van der Waals surface area contributed by atoms with E-state index in [9.17, 15) is 0 Å². The number of aryl methyl sites for hydroxylation is 7. The summed E-state index contributed by atoms with van der Waals surface area (Å²) in [4.78, 5) is 20.1. The molecule has 0 spiro atoms. The smallest absolute Gasteiger partial charge is 0.118 e. The zero-order valence-electron chi connectivity index (χ0n) is 48.6. The number of imidazole rings is 1. The van der Waals surface area contributed by atoms with E-state index in [4.69, 9.17) is 65.7 Å². The number of aliphatic hydroxyl groups is 3. The fourth-order valence-corrected chi connectivity index (χ4v) is 4.12. The van der Waals surface area contributed by atoms with Crippen LogP contribution in [0.3, 0.4) is 0 Å². The molecule has 0 amide bonds. The van der Waals surface area contributed by atoms with E-state index in [1.54, 1.807) is 43.3 Å². The minimum Gasteiger partial charge on any atom is -0.508 e. The standard InChI is InChI=1S/C7H9N.2C7H8O.C7H8S.C6H8N2.C5H7N3.C4H6N2.C4H11NO3.C4H5N.3C3H9N.3CH4/c4*1-6-4-2-3-5-7(6)8;1-5-6(7)3-2-4-8-5;1-4-5(6)2-7-3-8-4;1-6-3-2-5-4-6;5-4(1-6,2-7)3-8;1-2-4-5-3-1;3*1-2-3-4;;;/h2-5H,8H2,1H3;3*2-5,8H,1H3;2-4H,7H2,1H3;2-3H,6H2,1H3;2-4H,1H3;6-8H,1-3,5H2;1,3-4H,2H2;3*2-4H2,1H3;3*1H4. The number of pyridine rings is 1. The van der Waals surface area contributed by atoms with Crippen LogP contribution in [0.4, 0.5) is 17.1 Å². The van der Waals surface area contributed by atoms with E-state index in [-0.39, 0.29) is 22.3 Å². The quantitative estimate of drug-likeness (QED) is 0.0543. The van der Waals surface area contributed by atoms with Gasteiger partial charge in [-0.25, -0.2) is 15.0 Å². The third kappa shape index (κ3) is 54.7. The van der Waals surface area contributed by atoms with Crippen LogP contribution in [0.15, 0.2) is 169 Å². The number of nitrogens with two attached hydrogens (primary N) is 7. The van der Waals surface area contributed by atoms with E-state index >= 15 is 0 Å². The number of phenolic OH excluding ortho intramolecular Hbond substituents is 2. The lowest BCUT2D eigenvalue weighted by atomic mass is 10.1. The van der Waals surface area contributed by atoms with Crippen molar-refractivity contribution in [2.24, 2.45) is 35.0 Å². The lowest BCUT2D eigenvalue weighted by molar-refractivity contribution is 0.0697. The summed E-state index contributed by atoms with van der Waals surface area (Å²) >= 11 is 4.20. The zero-order valence-corrected chi connectivity index (χ0v) is 49.5. The minimum atomic E-state index is -1.21. The Hall–Kier alpha value is -7.20. The fourth-order valence-electron chi connectivity index (χ4n) is 3.96. The second kappa shape index (κ2) is 61.4. The van der Waals surface area contributed by atoms with E-state index < -0.39 is 25.4 Å². The Morgan fingerprint density at radius 1 is 0.549 bits per heavy atom. The van der Waals surface area contributed by atoms with Gasteiger partial charge in [-0.15, -0.1) is 12.6 Å². The monoisotopic (exact) mass is 1160 g/mol. The molecule has 0 saturated heterocycles. The van der Waals surface area contributed by atoms with Crippen LogP contribution in [0.2, 0.25) is 0 Å². The summed E-state index contributed by atoms with van der Waals surface area (Å²) in [6.45, 7) is 18.9. The molecule has 0 unspecified atom stereocenters. The number of aliphatic hydroxyl groups excluding tert-OH is 3. The highest BCUT2D eigenvalue weighted by molar-refractivity contribution is 7.80. The van der Waals surface area contributed by atoms with Crippen LogP contribution in [0.5, 0.6) is 11.5 Å². The van der Waals surface area contributed by atoms with Gasteiger partial charge in [-0.2, -0.15) is 0 Å². The highest BCUT2D eigenvalue weighted by Gasteiger charge is 2.20. The number of nitrogens with zero attached hydrogens (tertiary/aromatic N) is 6. The predicted molar refractivity (Wildman–Crippen MR) is 356 cm³/mol. The summed E-state index contributed by atoms with van der Waals surface area (Å²) in [6.07, 6.45) is 20.2. The molecule has 19 N–H and O–H groups in total. The number of allylic oxidation sites excluding steroid dienone is 1. The van der Waals surface area contributed by atoms with Gasteiger partial charge in [0.05, 0.1) is 60.6 Å². The van der Waals surface area contributed by atoms with Gasteiger partial charge in [0, 0.05) is 55.1 Å². The molecular formula is C63H109N13O5S. The molecule has 3 aromatic heterocycles. The molecule has 8 rings (SSSR count). The molecule has 1 aliphatic heterocycles. The molecular weight excluding hydrogens is 1050 g/mol. The van der Waals surface area contributed by atoms with Crippen molar-refractivity contribution in [3.8, 4) is 11.5 Å². The number of hydrogen-bond acceptors (Lipinski definition) is 18. The van der Waals surface area contributed by atoms with E-state index in [0.717, 1.165) is 89.7 Å². The number of thiol groups is 1. The molecule has 0 fully saturated rings. The Morgan fingerprint density at radius 2 is 0.963 bits per heavy atom. The summed E-state index contributed by atoms with van der Waals surface area (Å²) < 4.78 is 1.89. The molecule has 82 heavy (non-hydrogen) atoms. The molecule has 0 radical (unpaired) electrons. The summed E-state index contributed by atoms with van der Waals surface area (Å²) in [7, 11) is 1.94. The first-order chi connectivity index (χ1) is 37.6. The van der Waals surface area contributed by atoms with Crippen molar-refractivity contribution in [2.75, 3.05) is 56.7 Å². The normalized spacial score (nSPS) is 9.34. The molecule has 7 aromatic rings. The van der Waals surface area contributed by atoms with Crippen LogP contribution in [-0.4, -0.2) is 101 Å². The average molecular weight is 1160 g/mol. The molecule has 0 atom stereocenters. The first-order valence-electron chi connectivity index (χ1n) is 25.7. The zero-order chi connectivity index (χ0) is 60.7. The van der Waals surface area contributed by atoms with Gasteiger partial charge in [0.15, 0.2) is 0 Å². The van der Waals surface area contributed by atoms with E-state index in [1.807, 2.05) is 169 Å². The molecule has 0 aliphatic carbocycles. The van der Waals surface area contributed by atoms with Crippen molar-refractivity contribution < 1.29 is 25.5 Å². The number of nitrogen functional groups attached to an aromatic ring is 3. The lowest BCUT2D eigenvalue weighted by Crippen LogP contribution is -2.50. The topological polar surface area (TPSA) is 352 Å². The van der Waals surface area contributed by atoms with Gasteiger partial charge in [-0.05, 0) is 139 Å². The minimum absolute atomic E-state index is 0. The van der Waals surface area contributed by atoms with Crippen LogP contribution in [0.1, 0.15) is 102 Å². The number of aromatic nitrogens is 5. The highest BCUT2D eigenvalue weighted by atomic mass is 32.1. The van der Waals surface area contributed by atoms with Crippen LogP contribution >= 0.6 is 12.6 Å². The van der Waals surface area contributed by atoms with Gasteiger partial charge >= 0.3 is 0 Å². The fraction of sp³-hybridized carbons (Fsp3) is 0.381. The molecule has 1 aliphatic rings. The van der Waals surface area contributed by atoms with Crippen molar-refractivity contribution in [1.29, 1.82) is 0 Å². The molecule has 4 heterocycles. The number of anilines is 3. The third-order valence-electron chi connectivity index (χ3n) is 9.52. The second-order valence-electron chi connectivity index (χ2n) is 16.8. The summed E-state index contributed by atoms with van der Waals surface area (Å²) in [6, 6.07) is 34.0. The maximum atomic E-state index is 8.92. The third-order valence-corrected chi connectivity index (χ3v) is 10.0. The maximum Gasteiger partial charge on any atom is 0.118 e. The van der Waals surface area contributed by atoms with E-state index in [2.05, 4.69) is 58.3 Å². The number of aromatic hydroxyl groups is 2. The first-order valence-corrected chi connectivity index (χ1v) is 26.1. The van der Waals surface area contributed by atoms with Crippen molar-refractivity contribution in [3.05, 3.63) is 193 Å². The van der Waals surface area contributed by atoms with Crippen molar-refractivity contribution >= 4 is 35.9 Å².